The third kappa shape index (κ3) is 5.18. The van der Waals surface area contributed by atoms with E-state index in [1.165, 1.54) is 28.8 Å². The molecule has 0 bridgehead atoms. The average molecular weight is 435 g/mol. The standard InChI is InChI=1S/C28H31FO3/c1-28(2)15-14-21(19-6-4-3-5-7-19)16-25(20-8-10-22(29)11-9-20)26(28)13-12-24-17-23(30)18-27(31)32-24/h3-13,21,23-24,30H,14-18H2,1-2H3/b13-12+/t21?,23-,24-/m1/s1. The van der Waals surface area contributed by atoms with E-state index in [9.17, 15) is 14.3 Å². The maximum Gasteiger partial charge on any atom is 0.309 e. The van der Waals surface area contributed by atoms with E-state index in [2.05, 4.69) is 44.2 Å². The highest BCUT2D eigenvalue weighted by Gasteiger charge is 2.32. The molecule has 0 saturated carbocycles. The lowest BCUT2D eigenvalue weighted by atomic mass is 9.77. The number of esters is 1. The quantitative estimate of drug-likeness (QED) is 0.583. The van der Waals surface area contributed by atoms with Gasteiger partial charge >= 0.3 is 5.97 Å². The first-order valence-corrected chi connectivity index (χ1v) is 11.4. The van der Waals surface area contributed by atoms with Gasteiger partial charge in [0.05, 0.1) is 12.5 Å². The van der Waals surface area contributed by atoms with E-state index in [-0.39, 0.29) is 23.6 Å². The summed E-state index contributed by atoms with van der Waals surface area (Å²) in [5.41, 5.74) is 4.60. The monoisotopic (exact) mass is 434 g/mol. The molecule has 168 valence electrons. The molecule has 4 rings (SSSR count). The molecule has 1 unspecified atom stereocenters. The molecule has 1 heterocycles. The molecule has 2 aliphatic rings. The summed E-state index contributed by atoms with van der Waals surface area (Å²) in [4.78, 5) is 11.8. The Balaban J connectivity index is 1.76. The van der Waals surface area contributed by atoms with Crippen LogP contribution in [0.5, 0.6) is 0 Å². The molecule has 1 N–H and O–H groups in total. The lowest BCUT2D eigenvalue weighted by Gasteiger charge is -2.28. The number of aliphatic hydroxyl groups is 1. The van der Waals surface area contributed by atoms with E-state index in [0.29, 0.717) is 12.3 Å². The number of hydrogen-bond acceptors (Lipinski definition) is 3. The van der Waals surface area contributed by atoms with Gasteiger partial charge in [-0.1, -0.05) is 62.4 Å². The molecule has 0 radical (unpaired) electrons. The van der Waals surface area contributed by atoms with Crippen molar-refractivity contribution in [3.8, 4) is 0 Å². The van der Waals surface area contributed by atoms with Gasteiger partial charge in [-0.3, -0.25) is 4.79 Å². The van der Waals surface area contributed by atoms with Gasteiger partial charge in [0.15, 0.2) is 0 Å². The van der Waals surface area contributed by atoms with Crippen LogP contribution in [0.15, 0.2) is 72.3 Å². The molecule has 4 heteroatoms. The van der Waals surface area contributed by atoms with Gasteiger partial charge in [-0.05, 0) is 71.1 Å². The van der Waals surface area contributed by atoms with Crippen LogP contribution < -0.4 is 0 Å². The second-order valence-electron chi connectivity index (χ2n) is 9.61. The van der Waals surface area contributed by atoms with Gasteiger partial charge in [-0.25, -0.2) is 4.39 Å². The molecule has 1 aliphatic heterocycles. The number of allylic oxidation sites excluding steroid dienone is 3. The first kappa shape index (κ1) is 22.5. The van der Waals surface area contributed by atoms with Crippen molar-refractivity contribution in [3.63, 3.8) is 0 Å². The Morgan fingerprint density at radius 2 is 1.78 bits per heavy atom. The molecule has 3 nitrogen and oxygen atoms in total. The number of carbonyl (C=O) groups is 1. The Labute approximate surface area is 189 Å². The topological polar surface area (TPSA) is 46.5 Å². The molecule has 32 heavy (non-hydrogen) atoms. The van der Waals surface area contributed by atoms with Gasteiger partial charge < -0.3 is 9.84 Å². The molecule has 1 fully saturated rings. The molecule has 0 spiro atoms. The predicted octanol–water partition coefficient (Wildman–Crippen LogP) is 6.20. The van der Waals surface area contributed by atoms with E-state index in [1.807, 2.05) is 24.3 Å². The number of hydrogen-bond donors (Lipinski definition) is 1. The Hall–Kier alpha value is -2.72. The molecular weight excluding hydrogens is 403 g/mol. The zero-order valence-electron chi connectivity index (χ0n) is 18.8. The lowest BCUT2D eigenvalue weighted by Crippen LogP contribution is -2.31. The number of benzene rings is 2. The van der Waals surface area contributed by atoms with Crippen molar-refractivity contribution in [2.45, 2.75) is 64.1 Å². The molecule has 2 aromatic rings. The highest BCUT2D eigenvalue weighted by molar-refractivity contribution is 5.74. The van der Waals surface area contributed by atoms with Gasteiger partial charge in [0, 0.05) is 6.42 Å². The number of ether oxygens (including phenoxy) is 1. The van der Waals surface area contributed by atoms with Gasteiger partial charge in [0.25, 0.3) is 0 Å². The molecule has 1 saturated heterocycles. The molecule has 1 aliphatic carbocycles. The van der Waals surface area contributed by atoms with Crippen LogP contribution in [0, 0.1) is 11.2 Å². The fourth-order valence-corrected chi connectivity index (χ4v) is 4.93. The molecular formula is C28H31FO3. The summed E-state index contributed by atoms with van der Waals surface area (Å²) in [6.45, 7) is 4.48. The van der Waals surface area contributed by atoms with Gasteiger partial charge in [-0.2, -0.15) is 0 Å². The van der Waals surface area contributed by atoms with Crippen LogP contribution in [-0.4, -0.2) is 23.3 Å². The number of carbonyl (C=O) groups excluding carboxylic acids is 1. The number of halogens is 1. The summed E-state index contributed by atoms with van der Waals surface area (Å²) >= 11 is 0. The van der Waals surface area contributed by atoms with Crippen LogP contribution in [0.25, 0.3) is 5.57 Å². The second-order valence-corrected chi connectivity index (χ2v) is 9.61. The minimum atomic E-state index is -0.666. The Morgan fingerprint density at radius 1 is 1.06 bits per heavy atom. The molecule has 0 aromatic heterocycles. The van der Waals surface area contributed by atoms with E-state index in [1.54, 1.807) is 0 Å². The van der Waals surface area contributed by atoms with Crippen LogP contribution in [0.4, 0.5) is 4.39 Å². The minimum Gasteiger partial charge on any atom is -0.458 e. The van der Waals surface area contributed by atoms with Crippen LogP contribution in [0.2, 0.25) is 0 Å². The van der Waals surface area contributed by atoms with E-state index in [4.69, 9.17) is 4.74 Å². The summed E-state index contributed by atoms with van der Waals surface area (Å²) in [5.74, 6) is -0.242. The van der Waals surface area contributed by atoms with E-state index >= 15 is 0 Å². The largest absolute Gasteiger partial charge is 0.458 e. The van der Waals surface area contributed by atoms with Crippen molar-refractivity contribution in [1.82, 2.24) is 0 Å². The highest BCUT2D eigenvalue weighted by Crippen LogP contribution is 2.47. The normalized spacial score (nSPS) is 26.1. The average Bonchev–Trinajstić information content (AvgIpc) is 2.88. The Morgan fingerprint density at radius 3 is 2.47 bits per heavy atom. The van der Waals surface area contributed by atoms with Crippen LogP contribution in [-0.2, 0) is 9.53 Å². The lowest BCUT2D eigenvalue weighted by molar-refractivity contribution is -0.156. The molecule has 2 aromatic carbocycles. The van der Waals surface area contributed by atoms with Crippen LogP contribution >= 0.6 is 0 Å². The van der Waals surface area contributed by atoms with Crippen molar-refractivity contribution in [1.29, 1.82) is 0 Å². The smallest absolute Gasteiger partial charge is 0.309 e. The van der Waals surface area contributed by atoms with Crippen molar-refractivity contribution in [2.75, 3.05) is 0 Å². The van der Waals surface area contributed by atoms with Crippen LogP contribution in [0.1, 0.15) is 63.0 Å². The minimum absolute atomic E-state index is 0.0537. The second kappa shape index (κ2) is 9.41. The summed E-state index contributed by atoms with van der Waals surface area (Å²) in [6, 6.07) is 17.3. The van der Waals surface area contributed by atoms with Crippen molar-refractivity contribution in [2.24, 2.45) is 5.41 Å². The van der Waals surface area contributed by atoms with Gasteiger partial charge in [-0.15, -0.1) is 0 Å². The van der Waals surface area contributed by atoms with Crippen molar-refractivity contribution >= 4 is 11.5 Å². The summed E-state index contributed by atoms with van der Waals surface area (Å²) in [5, 5.41) is 9.97. The van der Waals surface area contributed by atoms with Crippen molar-refractivity contribution in [3.05, 3.63) is 89.3 Å². The van der Waals surface area contributed by atoms with E-state index in [0.717, 1.165) is 24.8 Å². The number of rotatable bonds is 4. The number of aliphatic hydroxyl groups excluding tert-OH is 1. The van der Waals surface area contributed by atoms with Crippen LogP contribution in [0.3, 0.4) is 0 Å². The fraction of sp³-hybridized carbons (Fsp3) is 0.393. The van der Waals surface area contributed by atoms with Crippen molar-refractivity contribution < 1.29 is 19.0 Å². The van der Waals surface area contributed by atoms with E-state index < -0.39 is 12.2 Å². The zero-order chi connectivity index (χ0) is 22.7. The summed E-state index contributed by atoms with van der Waals surface area (Å²) < 4.78 is 19.1. The summed E-state index contributed by atoms with van der Waals surface area (Å²) in [7, 11) is 0. The third-order valence-electron chi connectivity index (χ3n) is 6.75. The Bertz CT molecular complexity index is 1000. The molecule has 3 atom stereocenters. The third-order valence-corrected chi connectivity index (χ3v) is 6.75. The maximum atomic E-state index is 13.7. The SMILES string of the molecule is CC1(C)CCC(c2ccccc2)CC(c2ccc(F)cc2)=C1/C=C/[C@@H]1C[C@@H](O)CC(=O)O1. The molecule has 0 amide bonds. The van der Waals surface area contributed by atoms with Gasteiger partial charge in [0.1, 0.15) is 11.9 Å². The summed E-state index contributed by atoms with van der Waals surface area (Å²) in [6.07, 6.45) is 6.25. The maximum absolute atomic E-state index is 13.7. The Kier molecular flexibility index (Phi) is 6.61. The first-order chi connectivity index (χ1) is 15.3. The fourth-order valence-electron chi connectivity index (χ4n) is 4.93. The highest BCUT2D eigenvalue weighted by atomic mass is 19.1. The zero-order valence-corrected chi connectivity index (χ0v) is 18.8. The first-order valence-electron chi connectivity index (χ1n) is 11.4. The predicted molar refractivity (Wildman–Crippen MR) is 124 cm³/mol. The van der Waals surface area contributed by atoms with Gasteiger partial charge in [0.2, 0.25) is 0 Å². The number of cyclic esters (lactones) is 1.